The van der Waals surface area contributed by atoms with Crippen molar-refractivity contribution in [2.24, 2.45) is 0 Å². The number of nitriles is 1. The number of hydrogen-bond donors (Lipinski definition) is 0. The van der Waals surface area contributed by atoms with Gasteiger partial charge >= 0.3 is 6.03 Å². The fraction of sp³-hybridized carbons (Fsp3) is 0.417. The lowest BCUT2D eigenvalue weighted by molar-refractivity contribution is 0.192. The number of urea groups is 1. The smallest absolute Gasteiger partial charge is 0.324 e. The lowest BCUT2D eigenvalue weighted by Crippen LogP contribution is -2.49. The van der Waals surface area contributed by atoms with Gasteiger partial charge < -0.3 is 14.4 Å². The first kappa shape index (κ1) is 23.0. The molecular weight excluding hydrogens is 458 g/mol. The summed E-state index contributed by atoms with van der Waals surface area (Å²) in [7, 11) is 1.62. The topological polar surface area (TPSA) is 65.8 Å². The molecule has 0 unspecified atom stereocenters. The lowest BCUT2D eigenvalue weighted by atomic mass is 10.1. The van der Waals surface area contributed by atoms with E-state index in [1.165, 1.54) is 0 Å². The minimum atomic E-state index is -0.0374. The van der Waals surface area contributed by atoms with Gasteiger partial charge in [0.1, 0.15) is 0 Å². The lowest BCUT2D eigenvalue weighted by Gasteiger charge is -2.36. The number of amides is 2. The molecule has 6 nitrogen and oxygen atoms in total. The fourth-order valence-electron chi connectivity index (χ4n) is 3.60. The van der Waals surface area contributed by atoms with Crippen molar-refractivity contribution in [2.45, 2.75) is 39.2 Å². The number of carbonyl (C=O) groups excluding carboxylic acids is 1. The zero-order valence-electron chi connectivity index (χ0n) is 18.1. The number of benzene rings is 2. The third-order valence-electron chi connectivity index (χ3n) is 5.32. The molecule has 7 heteroatoms. The SMILES string of the molecule is CCCCCOc1cc(N2CCCN(Cc3ccc(C#N)cc3Br)C2=O)ccc1OC. The van der Waals surface area contributed by atoms with Crippen molar-refractivity contribution in [1.82, 2.24) is 4.90 Å². The number of methoxy groups -OCH3 is 1. The average molecular weight is 486 g/mol. The van der Waals surface area contributed by atoms with E-state index in [4.69, 9.17) is 14.7 Å². The summed E-state index contributed by atoms with van der Waals surface area (Å²) < 4.78 is 12.2. The molecule has 3 rings (SSSR count). The molecule has 1 aliphatic heterocycles. The summed E-state index contributed by atoms with van der Waals surface area (Å²) in [5.74, 6) is 1.33. The predicted molar refractivity (Wildman–Crippen MR) is 125 cm³/mol. The molecule has 0 atom stereocenters. The Morgan fingerprint density at radius 1 is 1.13 bits per heavy atom. The molecule has 0 spiro atoms. The molecule has 0 bridgehead atoms. The van der Waals surface area contributed by atoms with Crippen molar-refractivity contribution < 1.29 is 14.3 Å². The van der Waals surface area contributed by atoms with Gasteiger partial charge in [-0.1, -0.05) is 41.8 Å². The van der Waals surface area contributed by atoms with Gasteiger partial charge in [0.2, 0.25) is 0 Å². The molecule has 0 radical (unpaired) electrons. The first-order chi connectivity index (χ1) is 15.1. The monoisotopic (exact) mass is 485 g/mol. The maximum atomic E-state index is 13.2. The van der Waals surface area contributed by atoms with Crippen LogP contribution in [0.3, 0.4) is 0 Å². The molecule has 0 N–H and O–H groups in total. The van der Waals surface area contributed by atoms with Crippen molar-refractivity contribution >= 4 is 27.6 Å². The molecule has 164 valence electrons. The normalized spacial score (nSPS) is 13.8. The Morgan fingerprint density at radius 2 is 1.97 bits per heavy atom. The van der Waals surface area contributed by atoms with E-state index in [9.17, 15) is 4.79 Å². The summed E-state index contributed by atoms with van der Waals surface area (Å²) in [6.45, 7) is 4.62. The second kappa shape index (κ2) is 11.1. The highest BCUT2D eigenvalue weighted by atomic mass is 79.9. The van der Waals surface area contributed by atoms with Gasteiger partial charge in [-0.2, -0.15) is 5.26 Å². The minimum Gasteiger partial charge on any atom is -0.493 e. The van der Waals surface area contributed by atoms with Gasteiger partial charge in [-0.25, -0.2) is 4.79 Å². The number of anilines is 1. The molecule has 1 fully saturated rings. The van der Waals surface area contributed by atoms with Gasteiger partial charge in [0, 0.05) is 35.9 Å². The highest BCUT2D eigenvalue weighted by molar-refractivity contribution is 9.10. The van der Waals surface area contributed by atoms with E-state index in [-0.39, 0.29) is 6.03 Å². The number of carbonyl (C=O) groups is 1. The number of nitrogens with zero attached hydrogens (tertiary/aromatic N) is 3. The van der Waals surface area contributed by atoms with Crippen LogP contribution in [0.4, 0.5) is 10.5 Å². The van der Waals surface area contributed by atoms with Gasteiger partial charge in [-0.15, -0.1) is 0 Å². The maximum Gasteiger partial charge on any atom is 0.324 e. The molecule has 1 saturated heterocycles. The second-order valence-corrected chi connectivity index (χ2v) is 8.37. The molecule has 0 aliphatic carbocycles. The van der Waals surface area contributed by atoms with Gasteiger partial charge in [0.05, 0.1) is 25.3 Å². The van der Waals surface area contributed by atoms with Crippen LogP contribution in [-0.2, 0) is 6.54 Å². The molecule has 1 heterocycles. The first-order valence-electron chi connectivity index (χ1n) is 10.6. The van der Waals surface area contributed by atoms with Gasteiger partial charge in [0.15, 0.2) is 11.5 Å². The van der Waals surface area contributed by atoms with Crippen LogP contribution in [0.25, 0.3) is 0 Å². The molecular formula is C24H28BrN3O3. The van der Waals surface area contributed by atoms with Crippen LogP contribution >= 0.6 is 15.9 Å². The van der Waals surface area contributed by atoms with E-state index in [1.54, 1.807) is 24.1 Å². The van der Waals surface area contributed by atoms with Crippen LogP contribution < -0.4 is 14.4 Å². The van der Waals surface area contributed by atoms with E-state index in [0.29, 0.717) is 43.3 Å². The molecule has 2 aromatic carbocycles. The first-order valence-corrected chi connectivity index (χ1v) is 11.4. The van der Waals surface area contributed by atoms with Gasteiger partial charge in [-0.05, 0) is 42.7 Å². The van der Waals surface area contributed by atoms with Crippen LogP contribution in [0.2, 0.25) is 0 Å². The van der Waals surface area contributed by atoms with E-state index < -0.39 is 0 Å². The Kier molecular flexibility index (Phi) is 8.19. The summed E-state index contributed by atoms with van der Waals surface area (Å²) in [4.78, 5) is 16.9. The van der Waals surface area contributed by atoms with E-state index >= 15 is 0 Å². The zero-order chi connectivity index (χ0) is 22.2. The van der Waals surface area contributed by atoms with Crippen LogP contribution in [0.15, 0.2) is 40.9 Å². The van der Waals surface area contributed by atoms with Crippen molar-refractivity contribution in [3.63, 3.8) is 0 Å². The third-order valence-corrected chi connectivity index (χ3v) is 6.06. The number of halogens is 1. The summed E-state index contributed by atoms with van der Waals surface area (Å²) in [5.41, 5.74) is 2.37. The van der Waals surface area contributed by atoms with Crippen molar-refractivity contribution in [2.75, 3.05) is 31.7 Å². The zero-order valence-corrected chi connectivity index (χ0v) is 19.7. The largest absolute Gasteiger partial charge is 0.493 e. The predicted octanol–water partition coefficient (Wildman–Crippen LogP) is 5.73. The Labute approximate surface area is 192 Å². The number of ether oxygens (including phenoxy) is 2. The van der Waals surface area contributed by atoms with Gasteiger partial charge in [0.25, 0.3) is 0 Å². The molecule has 31 heavy (non-hydrogen) atoms. The Morgan fingerprint density at radius 3 is 2.68 bits per heavy atom. The Hall–Kier alpha value is -2.72. The molecule has 0 aromatic heterocycles. The van der Waals surface area contributed by atoms with Crippen molar-refractivity contribution in [3.8, 4) is 17.6 Å². The van der Waals surface area contributed by atoms with Crippen LogP contribution in [-0.4, -0.2) is 37.7 Å². The van der Waals surface area contributed by atoms with Crippen LogP contribution in [0, 0.1) is 11.3 Å². The maximum absolute atomic E-state index is 13.2. The Bertz CT molecular complexity index is 958. The van der Waals surface area contributed by atoms with Crippen LogP contribution in [0.1, 0.15) is 43.7 Å². The van der Waals surface area contributed by atoms with Gasteiger partial charge in [-0.3, -0.25) is 4.90 Å². The average Bonchev–Trinajstić information content (AvgIpc) is 2.79. The van der Waals surface area contributed by atoms with E-state index in [0.717, 1.165) is 41.4 Å². The molecule has 0 saturated carbocycles. The molecule has 2 amide bonds. The summed E-state index contributed by atoms with van der Waals surface area (Å²) >= 11 is 3.52. The summed E-state index contributed by atoms with van der Waals surface area (Å²) in [6.07, 6.45) is 4.11. The highest BCUT2D eigenvalue weighted by Gasteiger charge is 2.28. The minimum absolute atomic E-state index is 0.0374. The van der Waals surface area contributed by atoms with E-state index in [1.807, 2.05) is 29.2 Å². The highest BCUT2D eigenvalue weighted by Crippen LogP contribution is 2.33. The van der Waals surface area contributed by atoms with Crippen LogP contribution in [0.5, 0.6) is 11.5 Å². The number of hydrogen-bond acceptors (Lipinski definition) is 4. The van der Waals surface area contributed by atoms with Crippen molar-refractivity contribution in [1.29, 1.82) is 5.26 Å². The molecule has 2 aromatic rings. The second-order valence-electron chi connectivity index (χ2n) is 7.52. The van der Waals surface area contributed by atoms with E-state index in [2.05, 4.69) is 28.9 Å². The standard InChI is InChI=1S/C24H28BrN3O3/c1-3-4-5-13-31-23-15-20(9-10-22(23)30-2)28-12-6-11-27(24(28)29)17-19-8-7-18(16-26)14-21(19)25/h7-10,14-15H,3-6,11-13,17H2,1-2H3. The molecule has 1 aliphatic rings. The fourth-order valence-corrected chi connectivity index (χ4v) is 4.10. The number of unbranched alkanes of at least 4 members (excludes halogenated alkanes) is 2. The quantitative estimate of drug-likeness (QED) is 0.425. The number of rotatable bonds is 9. The third kappa shape index (κ3) is 5.71. The summed E-state index contributed by atoms with van der Waals surface area (Å²) in [6, 6.07) is 13.2. The Balaban J connectivity index is 1.75. The van der Waals surface area contributed by atoms with Crippen molar-refractivity contribution in [3.05, 3.63) is 52.0 Å². The summed E-state index contributed by atoms with van der Waals surface area (Å²) in [5, 5.41) is 9.06.